The Morgan fingerprint density at radius 1 is 1.04 bits per heavy atom. The molecular weight excluding hydrogens is 342 g/mol. The summed E-state index contributed by atoms with van der Waals surface area (Å²) in [5.41, 5.74) is 4.04. The van der Waals surface area contributed by atoms with Gasteiger partial charge in [-0.15, -0.1) is 0 Å². The lowest BCUT2D eigenvalue weighted by atomic mass is 9.97. The molecule has 1 aromatic carbocycles. The Kier molecular flexibility index (Phi) is 5.67. The summed E-state index contributed by atoms with van der Waals surface area (Å²) < 4.78 is 0. The number of imide groups is 1. The smallest absolute Gasteiger partial charge is 0.278 e. The maximum atomic E-state index is 13.2. The molecule has 0 spiro atoms. The van der Waals surface area contributed by atoms with Gasteiger partial charge in [0.25, 0.3) is 11.8 Å². The van der Waals surface area contributed by atoms with Crippen molar-refractivity contribution in [1.29, 1.82) is 0 Å². The van der Waals surface area contributed by atoms with E-state index in [0.29, 0.717) is 30.9 Å². The van der Waals surface area contributed by atoms with Gasteiger partial charge in [0.05, 0.1) is 12.2 Å². The SMILES string of the molecule is Cc1ccc(C2=C(N3CCN(CCO)CC3)C(=O)N(C(C)C)C2=O)c(C)c1. The van der Waals surface area contributed by atoms with Crippen molar-refractivity contribution < 1.29 is 14.7 Å². The normalized spacial score (nSPS) is 19.0. The van der Waals surface area contributed by atoms with E-state index in [9.17, 15) is 9.59 Å². The van der Waals surface area contributed by atoms with Gasteiger partial charge in [0.15, 0.2) is 0 Å². The molecule has 1 fully saturated rings. The van der Waals surface area contributed by atoms with Gasteiger partial charge < -0.3 is 10.0 Å². The summed E-state index contributed by atoms with van der Waals surface area (Å²) in [5, 5.41) is 9.14. The van der Waals surface area contributed by atoms with Gasteiger partial charge in [-0.3, -0.25) is 19.4 Å². The zero-order valence-electron chi connectivity index (χ0n) is 16.7. The van der Waals surface area contributed by atoms with Crippen molar-refractivity contribution in [3.8, 4) is 0 Å². The zero-order chi connectivity index (χ0) is 19.7. The second-order valence-corrected chi connectivity index (χ2v) is 7.67. The molecule has 1 aromatic rings. The van der Waals surface area contributed by atoms with Gasteiger partial charge in [0, 0.05) is 38.8 Å². The minimum atomic E-state index is -0.199. The van der Waals surface area contributed by atoms with E-state index in [1.807, 2.05) is 44.7 Å². The Morgan fingerprint density at radius 2 is 1.70 bits per heavy atom. The standard InChI is InChI=1S/C21H29N3O3/c1-14(2)24-20(26)18(17-6-5-15(3)13-16(17)4)19(21(24)27)23-9-7-22(8-10-23)11-12-25/h5-6,13-14,25H,7-12H2,1-4H3. The molecule has 6 heteroatoms. The second kappa shape index (κ2) is 7.82. The molecule has 3 rings (SSSR count). The quantitative estimate of drug-likeness (QED) is 0.793. The van der Waals surface area contributed by atoms with Crippen molar-refractivity contribution >= 4 is 17.4 Å². The van der Waals surface area contributed by atoms with Crippen LogP contribution in [0.4, 0.5) is 0 Å². The predicted octanol–water partition coefficient (Wildman–Crippen LogP) is 1.40. The maximum Gasteiger partial charge on any atom is 0.278 e. The first-order chi connectivity index (χ1) is 12.8. The molecule has 1 N–H and O–H groups in total. The first-order valence-corrected chi connectivity index (χ1v) is 9.63. The topological polar surface area (TPSA) is 64.1 Å². The van der Waals surface area contributed by atoms with Crippen LogP contribution in [0.2, 0.25) is 0 Å². The van der Waals surface area contributed by atoms with Crippen LogP contribution in [0.3, 0.4) is 0 Å². The van der Waals surface area contributed by atoms with Crippen molar-refractivity contribution in [3.63, 3.8) is 0 Å². The number of hydrogen-bond acceptors (Lipinski definition) is 5. The van der Waals surface area contributed by atoms with E-state index >= 15 is 0 Å². The minimum Gasteiger partial charge on any atom is -0.395 e. The predicted molar refractivity (Wildman–Crippen MR) is 105 cm³/mol. The fourth-order valence-electron chi connectivity index (χ4n) is 3.97. The molecular formula is C21H29N3O3. The van der Waals surface area contributed by atoms with E-state index in [2.05, 4.69) is 11.0 Å². The average Bonchev–Trinajstić information content (AvgIpc) is 2.87. The Hall–Kier alpha value is -2.18. The van der Waals surface area contributed by atoms with Crippen LogP contribution >= 0.6 is 0 Å². The van der Waals surface area contributed by atoms with E-state index in [1.54, 1.807) is 0 Å². The number of aliphatic hydroxyl groups is 1. The fraction of sp³-hybridized carbons (Fsp3) is 0.524. The van der Waals surface area contributed by atoms with Gasteiger partial charge in [-0.1, -0.05) is 23.8 Å². The number of amides is 2. The molecule has 0 aromatic heterocycles. The maximum absolute atomic E-state index is 13.2. The van der Waals surface area contributed by atoms with E-state index in [-0.39, 0.29) is 24.5 Å². The van der Waals surface area contributed by atoms with Crippen molar-refractivity contribution in [3.05, 3.63) is 40.6 Å². The third-order valence-corrected chi connectivity index (χ3v) is 5.36. The van der Waals surface area contributed by atoms with Crippen LogP contribution < -0.4 is 0 Å². The van der Waals surface area contributed by atoms with E-state index in [4.69, 9.17) is 5.11 Å². The monoisotopic (exact) mass is 371 g/mol. The van der Waals surface area contributed by atoms with Crippen LogP contribution in [0, 0.1) is 13.8 Å². The number of piperazine rings is 1. The number of hydrogen-bond donors (Lipinski definition) is 1. The molecule has 0 saturated carbocycles. The number of rotatable bonds is 5. The van der Waals surface area contributed by atoms with Gasteiger partial charge in [0.1, 0.15) is 5.70 Å². The number of aliphatic hydroxyl groups excluding tert-OH is 1. The lowest BCUT2D eigenvalue weighted by Crippen LogP contribution is -2.48. The van der Waals surface area contributed by atoms with Crippen LogP contribution in [0.1, 0.15) is 30.5 Å². The van der Waals surface area contributed by atoms with E-state index in [0.717, 1.165) is 29.8 Å². The Bertz CT molecular complexity index is 777. The first-order valence-electron chi connectivity index (χ1n) is 9.63. The number of nitrogens with zero attached hydrogens (tertiary/aromatic N) is 3. The highest BCUT2D eigenvalue weighted by Gasteiger charge is 2.43. The zero-order valence-corrected chi connectivity index (χ0v) is 16.7. The molecule has 27 heavy (non-hydrogen) atoms. The van der Waals surface area contributed by atoms with E-state index < -0.39 is 0 Å². The Balaban J connectivity index is 2.02. The average molecular weight is 371 g/mol. The molecule has 2 amide bonds. The van der Waals surface area contributed by atoms with E-state index in [1.165, 1.54) is 4.90 Å². The summed E-state index contributed by atoms with van der Waals surface area (Å²) in [6, 6.07) is 5.81. The van der Waals surface area contributed by atoms with Crippen LogP contribution in [0.15, 0.2) is 23.9 Å². The summed E-state index contributed by atoms with van der Waals surface area (Å²) in [5.74, 6) is -0.393. The highest BCUT2D eigenvalue weighted by molar-refractivity contribution is 6.35. The number of β-amino-alcohol motifs (C(OH)–C–C–N with tert-alkyl or cyclic N) is 1. The molecule has 2 aliphatic heterocycles. The van der Waals surface area contributed by atoms with Gasteiger partial charge in [-0.05, 0) is 38.8 Å². The lowest BCUT2D eigenvalue weighted by Gasteiger charge is -2.36. The summed E-state index contributed by atoms with van der Waals surface area (Å²) >= 11 is 0. The van der Waals surface area contributed by atoms with Crippen LogP contribution in [0.5, 0.6) is 0 Å². The summed E-state index contributed by atoms with van der Waals surface area (Å²) in [6.07, 6.45) is 0. The van der Waals surface area contributed by atoms with Gasteiger partial charge >= 0.3 is 0 Å². The fourth-order valence-corrected chi connectivity index (χ4v) is 3.97. The highest BCUT2D eigenvalue weighted by Crippen LogP contribution is 2.34. The molecule has 0 aliphatic carbocycles. The van der Waals surface area contributed by atoms with Gasteiger partial charge in [0.2, 0.25) is 0 Å². The Morgan fingerprint density at radius 3 is 2.26 bits per heavy atom. The van der Waals surface area contributed by atoms with Crippen LogP contribution in [0.25, 0.3) is 5.57 Å². The molecule has 0 bridgehead atoms. The van der Waals surface area contributed by atoms with Gasteiger partial charge in [-0.2, -0.15) is 0 Å². The largest absolute Gasteiger partial charge is 0.395 e. The van der Waals surface area contributed by atoms with Crippen molar-refractivity contribution in [2.75, 3.05) is 39.3 Å². The minimum absolute atomic E-state index is 0.134. The third kappa shape index (κ3) is 3.64. The number of carbonyl (C=O) groups is 2. The molecule has 1 saturated heterocycles. The molecule has 2 heterocycles. The van der Waals surface area contributed by atoms with Crippen LogP contribution in [-0.2, 0) is 9.59 Å². The summed E-state index contributed by atoms with van der Waals surface area (Å²) in [4.78, 5) is 32.0. The second-order valence-electron chi connectivity index (χ2n) is 7.67. The summed E-state index contributed by atoms with van der Waals surface area (Å²) in [6.45, 7) is 11.4. The molecule has 6 nitrogen and oxygen atoms in total. The molecule has 2 aliphatic rings. The number of benzene rings is 1. The molecule has 146 valence electrons. The lowest BCUT2D eigenvalue weighted by molar-refractivity contribution is -0.139. The molecule has 0 unspecified atom stereocenters. The molecule has 0 atom stereocenters. The van der Waals surface area contributed by atoms with Crippen molar-refractivity contribution in [1.82, 2.24) is 14.7 Å². The number of aryl methyl sites for hydroxylation is 2. The third-order valence-electron chi connectivity index (χ3n) is 5.36. The van der Waals surface area contributed by atoms with Gasteiger partial charge in [-0.25, -0.2) is 0 Å². The Labute approximate surface area is 161 Å². The first kappa shape index (κ1) is 19.6. The van der Waals surface area contributed by atoms with Crippen molar-refractivity contribution in [2.45, 2.75) is 33.7 Å². The number of carbonyl (C=O) groups excluding carboxylic acids is 2. The summed E-state index contributed by atoms with van der Waals surface area (Å²) in [7, 11) is 0. The van der Waals surface area contributed by atoms with Crippen LogP contribution in [-0.4, -0.2) is 77.0 Å². The van der Waals surface area contributed by atoms with Crippen molar-refractivity contribution in [2.24, 2.45) is 0 Å². The highest BCUT2D eigenvalue weighted by atomic mass is 16.3. The molecule has 0 radical (unpaired) electrons.